The minimum atomic E-state index is 0.104. The van der Waals surface area contributed by atoms with Crippen LogP contribution in [0.1, 0.15) is 22.9 Å². The van der Waals surface area contributed by atoms with Gasteiger partial charge in [-0.1, -0.05) is 66.7 Å². The van der Waals surface area contributed by atoms with E-state index in [0.717, 1.165) is 12.2 Å². The number of aromatic nitrogens is 1. The molecule has 0 saturated heterocycles. The molecule has 21 heavy (non-hydrogen) atoms. The zero-order valence-corrected chi connectivity index (χ0v) is 11.8. The fraction of sp³-hybridized carbons (Fsp3) is 0.105. The van der Waals surface area contributed by atoms with Crippen molar-refractivity contribution in [1.29, 1.82) is 0 Å². The van der Waals surface area contributed by atoms with Crippen LogP contribution in [0.2, 0.25) is 0 Å². The lowest BCUT2D eigenvalue weighted by Gasteiger charge is -2.19. The van der Waals surface area contributed by atoms with Gasteiger partial charge in [-0.15, -0.1) is 0 Å². The maximum absolute atomic E-state index is 4.51. The van der Waals surface area contributed by atoms with E-state index >= 15 is 0 Å². The van der Waals surface area contributed by atoms with Crippen LogP contribution in [-0.2, 0) is 6.54 Å². The molecule has 0 spiro atoms. The van der Waals surface area contributed by atoms with Crippen LogP contribution in [0.15, 0.2) is 85.1 Å². The molecule has 0 aliphatic carbocycles. The van der Waals surface area contributed by atoms with Crippen molar-refractivity contribution in [3.63, 3.8) is 0 Å². The predicted octanol–water partition coefficient (Wildman–Crippen LogP) is 3.96. The molecular weight excluding hydrogens is 256 g/mol. The number of pyridine rings is 1. The van der Waals surface area contributed by atoms with Gasteiger partial charge in [0.2, 0.25) is 0 Å². The Kier molecular flexibility index (Phi) is 4.39. The van der Waals surface area contributed by atoms with Crippen LogP contribution in [0.5, 0.6) is 0 Å². The molecule has 3 rings (SSSR count). The summed E-state index contributed by atoms with van der Waals surface area (Å²) < 4.78 is 0. The van der Waals surface area contributed by atoms with Gasteiger partial charge in [0.15, 0.2) is 0 Å². The molecule has 0 bridgehead atoms. The number of hydrogen-bond donors (Lipinski definition) is 1. The predicted molar refractivity (Wildman–Crippen MR) is 85.8 cm³/mol. The third-order valence-corrected chi connectivity index (χ3v) is 3.47. The van der Waals surface area contributed by atoms with Crippen LogP contribution in [0, 0.1) is 0 Å². The summed E-state index contributed by atoms with van der Waals surface area (Å²) >= 11 is 0. The Balaban J connectivity index is 1.83. The molecule has 0 aliphatic heterocycles. The third-order valence-electron chi connectivity index (χ3n) is 3.47. The first-order valence-electron chi connectivity index (χ1n) is 7.16. The maximum atomic E-state index is 4.51. The Morgan fingerprint density at radius 2 is 1.43 bits per heavy atom. The van der Waals surface area contributed by atoms with Crippen LogP contribution in [0.3, 0.4) is 0 Å². The third kappa shape index (κ3) is 3.56. The fourth-order valence-electron chi connectivity index (χ4n) is 2.40. The van der Waals surface area contributed by atoms with Crippen molar-refractivity contribution in [3.05, 3.63) is 102 Å². The first-order valence-corrected chi connectivity index (χ1v) is 7.16. The van der Waals surface area contributed by atoms with Crippen LogP contribution in [0.4, 0.5) is 0 Å². The second-order valence-electron chi connectivity index (χ2n) is 4.96. The van der Waals surface area contributed by atoms with E-state index in [4.69, 9.17) is 0 Å². The van der Waals surface area contributed by atoms with Gasteiger partial charge in [-0.05, 0) is 23.3 Å². The quantitative estimate of drug-likeness (QED) is 0.761. The summed E-state index contributed by atoms with van der Waals surface area (Å²) in [4.78, 5) is 4.51. The highest BCUT2D eigenvalue weighted by Gasteiger charge is 2.14. The molecule has 0 fully saturated rings. The van der Waals surface area contributed by atoms with Gasteiger partial charge in [0.1, 0.15) is 0 Å². The van der Waals surface area contributed by atoms with Crippen LogP contribution < -0.4 is 5.32 Å². The largest absolute Gasteiger partial charge is 0.301 e. The van der Waals surface area contributed by atoms with Crippen molar-refractivity contribution in [3.8, 4) is 0 Å². The summed E-state index contributed by atoms with van der Waals surface area (Å²) in [6, 6.07) is 27.0. The smallest absolute Gasteiger partial charge is 0.0754 e. The summed E-state index contributed by atoms with van der Waals surface area (Å²) in [5.74, 6) is 0. The van der Waals surface area contributed by atoms with E-state index < -0.39 is 0 Å². The van der Waals surface area contributed by atoms with Gasteiger partial charge in [-0.2, -0.15) is 0 Å². The molecule has 1 N–H and O–H groups in total. The average Bonchev–Trinajstić information content (AvgIpc) is 2.58. The van der Waals surface area contributed by atoms with E-state index in [0.29, 0.717) is 0 Å². The van der Waals surface area contributed by atoms with Crippen LogP contribution in [0.25, 0.3) is 0 Å². The second-order valence-corrected chi connectivity index (χ2v) is 4.96. The van der Waals surface area contributed by atoms with Crippen molar-refractivity contribution in [2.75, 3.05) is 0 Å². The number of hydrogen-bond acceptors (Lipinski definition) is 2. The minimum Gasteiger partial charge on any atom is -0.301 e. The molecule has 1 aromatic heterocycles. The summed E-state index contributed by atoms with van der Waals surface area (Å²) in [7, 11) is 0. The van der Waals surface area contributed by atoms with Gasteiger partial charge < -0.3 is 5.32 Å². The minimum absolute atomic E-state index is 0.104. The van der Waals surface area contributed by atoms with E-state index in [9.17, 15) is 0 Å². The Bertz CT molecular complexity index is 611. The monoisotopic (exact) mass is 274 g/mol. The van der Waals surface area contributed by atoms with Gasteiger partial charge in [-0.3, -0.25) is 4.98 Å². The van der Waals surface area contributed by atoms with Gasteiger partial charge in [0.05, 0.1) is 11.7 Å². The molecule has 0 radical (unpaired) electrons. The highest BCUT2D eigenvalue weighted by atomic mass is 14.9. The first kappa shape index (κ1) is 13.5. The molecule has 2 nitrogen and oxygen atoms in total. The van der Waals surface area contributed by atoms with E-state index in [1.807, 2.05) is 30.5 Å². The summed E-state index contributed by atoms with van der Waals surface area (Å²) in [5.41, 5.74) is 3.54. The number of nitrogens with one attached hydrogen (secondary N) is 1. The van der Waals surface area contributed by atoms with Gasteiger partial charge in [-0.25, -0.2) is 0 Å². The van der Waals surface area contributed by atoms with E-state index in [-0.39, 0.29) is 6.04 Å². The van der Waals surface area contributed by atoms with E-state index in [2.05, 4.69) is 64.9 Å². The van der Waals surface area contributed by atoms with Crippen molar-refractivity contribution in [1.82, 2.24) is 10.3 Å². The van der Waals surface area contributed by atoms with Gasteiger partial charge >= 0.3 is 0 Å². The molecule has 2 heteroatoms. The topological polar surface area (TPSA) is 24.9 Å². The van der Waals surface area contributed by atoms with E-state index in [1.54, 1.807) is 0 Å². The first-order chi connectivity index (χ1) is 10.4. The summed E-state index contributed by atoms with van der Waals surface area (Å²) in [6.07, 6.45) is 1.84. The Hall–Kier alpha value is -2.45. The van der Waals surface area contributed by atoms with E-state index in [1.165, 1.54) is 11.1 Å². The fourth-order valence-corrected chi connectivity index (χ4v) is 2.40. The molecule has 0 aliphatic rings. The summed E-state index contributed by atoms with van der Waals surface area (Å²) in [5, 5.41) is 3.61. The Labute approximate surface area is 125 Å². The van der Waals surface area contributed by atoms with Crippen molar-refractivity contribution in [2.24, 2.45) is 0 Å². The zero-order chi connectivity index (χ0) is 14.3. The highest BCUT2D eigenvalue weighted by Crippen LogP contribution is 2.20. The van der Waals surface area contributed by atoms with Crippen molar-refractivity contribution in [2.45, 2.75) is 12.6 Å². The molecule has 1 unspecified atom stereocenters. The number of nitrogens with zero attached hydrogens (tertiary/aromatic N) is 1. The highest BCUT2D eigenvalue weighted by molar-refractivity contribution is 5.28. The standard InChI is InChI=1S/C19H18N2/c1-3-9-16(10-4-1)15-21-19(17-11-5-2-6-12-17)18-13-7-8-14-20-18/h1-14,19,21H,15H2. The zero-order valence-electron chi connectivity index (χ0n) is 11.8. The second kappa shape index (κ2) is 6.82. The lowest BCUT2D eigenvalue weighted by atomic mass is 10.0. The molecule has 104 valence electrons. The molecule has 3 aromatic rings. The molecule has 0 amide bonds. The molecule has 0 saturated carbocycles. The van der Waals surface area contributed by atoms with Gasteiger partial charge in [0, 0.05) is 12.7 Å². The number of benzene rings is 2. The van der Waals surface area contributed by atoms with Crippen LogP contribution >= 0.6 is 0 Å². The van der Waals surface area contributed by atoms with Crippen LogP contribution in [-0.4, -0.2) is 4.98 Å². The molecule has 2 aromatic carbocycles. The Morgan fingerprint density at radius 3 is 2.10 bits per heavy atom. The lowest BCUT2D eigenvalue weighted by Crippen LogP contribution is -2.22. The SMILES string of the molecule is c1ccc(CNC(c2ccccc2)c2ccccn2)cc1. The van der Waals surface area contributed by atoms with Crippen molar-refractivity contribution < 1.29 is 0 Å². The number of rotatable bonds is 5. The van der Waals surface area contributed by atoms with Gasteiger partial charge in [0.25, 0.3) is 0 Å². The Morgan fingerprint density at radius 1 is 0.762 bits per heavy atom. The average molecular weight is 274 g/mol. The molecular formula is C19H18N2. The maximum Gasteiger partial charge on any atom is 0.0754 e. The summed E-state index contributed by atoms with van der Waals surface area (Å²) in [6.45, 7) is 0.816. The molecule has 1 atom stereocenters. The normalized spacial score (nSPS) is 12.0. The lowest BCUT2D eigenvalue weighted by molar-refractivity contribution is 0.592. The van der Waals surface area contributed by atoms with Crippen molar-refractivity contribution >= 4 is 0 Å². The molecule has 1 heterocycles.